The van der Waals surface area contributed by atoms with Crippen molar-refractivity contribution in [3.05, 3.63) is 28.7 Å². The Bertz CT molecular complexity index is 694. The molecule has 2 rings (SSSR count). The summed E-state index contributed by atoms with van der Waals surface area (Å²) in [6, 6.07) is 5.08. The van der Waals surface area contributed by atoms with Crippen LogP contribution >= 0.6 is 11.8 Å². The first-order valence-corrected chi connectivity index (χ1v) is 8.71. The molecule has 1 aliphatic rings. The van der Waals surface area contributed by atoms with E-state index in [0.29, 0.717) is 27.5 Å². The number of hydrogen-bond donors (Lipinski definition) is 0. The zero-order chi connectivity index (χ0) is 18.0. The minimum Gasteiger partial charge on any atom is -0.493 e. The van der Waals surface area contributed by atoms with Crippen LogP contribution in [0.1, 0.15) is 33.3 Å². The van der Waals surface area contributed by atoms with Gasteiger partial charge in [-0.25, -0.2) is 0 Å². The van der Waals surface area contributed by atoms with Crippen LogP contribution in [0.2, 0.25) is 0 Å². The summed E-state index contributed by atoms with van der Waals surface area (Å²) in [6.45, 7) is 7.68. The number of amides is 2. The number of nitrogens with zero attached hydrogens (tertiary/aromatic N) is 1. The summed E-state index contributed by atoms with van der Waals surface area (Å²) >= 11 is 1.42. The van der Waals surface area contributed by atoms with Gasteiger partial charge in [-0.05, 0) is 31.5 Å². The fourth-order valence-corrected chi connectivity index (χ4v) is 3.58. The average molecular weight is 349 g/mol. The average Bonchev–Trinajstić information content (AvgIpc) is 2.76. The van der Waals surface area contributed by atoms with E-state index in [1.807, 2.05) is 27.7 Å². The highest BCUT2D eigenvalue weighted by Crippen LogP contribution is 2.40. The first kappa shape index (κ1) is 18.4. The molecule has 0 N–H and O–H groups in total. The SMILES string of the molecule is COc1ccc(C2=C(SC(C)C)C(=O)N(C(C)C)C2=O)cc1OC. The van der Waals surface area contributed by atoms with E-state index in [1.165, 1.54) is 16.7 Å². The van der Waals surface area contributed by atoms with Crippen molar-refractivity contribution < 1.29 is 19.1 Å². The third kappa shape index (κ3) is 3.29. The summed E-state index contributed by atoms with van der Waals surface area (Å²) in [6.07, 6.45) is 0. The second-order valence-corrected chi connectivity index (χ2v) is 7.60. The van der Waals surface area contributed by atoms with Crippen molar-refractivity contribution in [2.75, 3.05) is 14.2 Å². The molecule has 0 spiro atoms. The number of rotatable bonds is 6. The predicted molar refractivity (Wildman–Crippen MR) is 96.2 cm³/mol. The maximum absolute atomic E-state index is 12.9. The topological polar surface area (TPSA) is 55.8 Å². The maximum atomic E-state index is 12.9. The molecule has 6 heteroatoms. The van der Waals surface area contributed by atoms with Crippen LogP contribution in [0.3, 0.4) is 0 Å². The van der Waals surface area contributed by atoms with E-state index in [9.17, 15) is 9.59 Å². The Hall–Kier alpha value is -1.95. The van der Waals surface area contributed by atoms with Gasteiger partial charge in [0, 0.05) is 11.3 Å². The Kier molecular flexibility index (Phi) is 5.59. The Morgan fingerprint density at radius 1 is 0.958 bits per heavy atom. The Balaban J connectivity index is 2.60. The molecule has 1 aliphatic heterocycles. The summed E-state index contributed by atoms with van der Waals surface area (Å²) in [7, 11) is 3.10. The first-order chi connectivity index (χ1) is 11.3. The van der Waals surface area contributed by atoms with E-state index < -0.39 is 0 Å². The summed E-state index contributed by atoms with van der Waals surface area (Å²) in [4.78, 5) is 27.4. The Labute approximate surface area is 147 Å². The van der Waals surface area contributed by atoms with Gasteiger partial charge in [0.1, 0.15) is 0 Å². The maximum Gasteiger partial charge on any atom is 0.268 e. The monoisotopic (exact) mass is 349 g/mol. The quantitative estimate of drug-likeness (QED) is 0.737. The van der Waals surface area contributed by atoms with Crippen LogP contribution in [0.15, 0.2) is 23.1 Å². The van der Waals surface area contributed by atoms with Gasteiger partial charge in [0.15, 0.2) is 11.5 Å². The number of methoxy groups -OCH3 is 2. The van der Waals surface area contributed by atoms with E-state index in [2.05, 4.69) is 0 Å². The minimum absolute atomic E-state index is 0.189. The lowest BCUT2D eigenvalue weighted by Gasteiger charge is -2.19. The molecular weight excluding hydrogens is 326 g/mol. The normalized spacial score (nSPS) is 15.1. The highest BCUT2D eigenvalue weighted by molar-refractivity contribution is 8.04. The van der Waals surface area contributed by atoms with E-state index >= 15 is 0 Å². The number of hydrogen-bond acceptors (Lipinski definition) is 5. The van der Waals surface area contributed by atoms with Crippen molar-refractivity contribution in [1.82, 2.24) is 4.90 Å². The van der Waals surface area contributed by atoms with Crippen LogP contribution < -0.4 is 9.47 Å². The van der Waals surface area contributed by atoms with Crippen molar-refractivity contribution in [3.63, 3.8) is 0 Å². The second kappa shape index (κ2) is 7.30. The van der Waals surface area contributed by atoms with Crippen molar-refractivity contribution in [1.29, 1.82) is 0 Å². The standard InChI is InChI=1S/C18H23NO4S/c1-10(2)19-17(20)15(16(18(19)21)24-11(3)4)12-7-8-13(22-5)14(9-12)23-6/h7-11H,1-6H3. The molecule has 1 aromatic rings. The van der Waals surface area contributed by atoms with Gasteiger partial charge < -0.3 is 9.47 Å². The van der Waals surface area contributed by atoms with Crippen molar-refractivity contribution in [2.24, 2.45) is 0 Å². The van der Waals surface area contributed by atoms with E-state index in [4.69, 9.17) is 9.47 Å². The molecule has 130 valence electrons. The van der Waals surface area contributed by atoms with Crippen LogP contribution in [0.5, 0.6) is 11.5 Å². The number of benzene rings is 1. The number of ether oxygens (including phenoxy) is 2. The lowest BCUT2D eigenvalue weighted by Crippen LogP contribution is -2.37. The fraction of sp³-hybridized carbons (Fsp3) is 0.444. The fourth-order valence-electron chi connectivity index (χ4n) is 2.59. The van der Waals surface area contributed by atoms with Gasteiger partial charge in [0.25, 0.3) is 11.8 Å². The smallest absolute Gasteiger partial charge is 0.268 e. The highest BCUT2D eigenvalue weighted by Gasteiger charge is 2.41. The summed E-state index contributed by atoms with van der Waals surface area (Å²) in [5.74, 6) is 0.626. The summed E-state index contributed by atoms with van der Waals surface area (Å²) in [5, 5.41) is 0.194. The molecular formula is C18H23NO4S. The van der Waals surface area contributed by atoms with Crippen LogP contribution in [-0.2, 0) is 9.59 Å². The number of imide groups is 1. The zero-order valence-corrected chi connectivity index (χ0v) is 15.7. The molecule has 0 radical (unpaired) electrons. The van der Waals surface area contributed by atoms with Gasteiger partial charge in [-0.1, -0.05) is 19.9 Å². The van der Waals surface area contributed by atoms with E-state index in [1.54, 1.807) is 32.4 Å². The van der Waals surface area contributed by atoms with Gasteiger partial charge in [-0.15, -0.1) is 11.8 Å². The summed E-state index contributed by atoms with van der Waals surface area (Å²) < 4.78 is 10.6. The highest BCUT2D eigenvalue weighted by atomic mass is 32.2. The van der Waals surface area contributed by atoms with Crippen LogP contribution in [-0.4, -0.2) is 42.2 Å². The molecule has 0 aliphatic carbocycles. The molecule has 0 bridgehead atoms. The molecule has 0 atom stereocenters. The molecule has 0 saturated heterocycles. The molecule has 0 fully saturated rings. The zero-order valence-electron chi connectivity index (χ0n) is 14.9. The van der Waals surface area contributed by atoms with Crippen molar-refractivity contribution >= 4 is 29.1 Å². The molecule has 0 aromatic heterocycles. The van der Waals surface area contributed by atoms with Gasteiger partial charge in [-0.2, -0.15) is 0 Å². The largest absolute Gasteiger partial charge is 0.493 e. The minimum atomic E-state index is -0.259. The molecule has 0 saturated carbocycles. The predicted octanol–water partition coefficient (Wildman–Crippen LogP) is 3.33. The number of carbonyl (C=O) groups excluding carboxylic acids is 2. The number of carbonyl (C=O) groups is 2. The first-order valence-electron chi connectivity index (χ1n) is 7.83. The van der Waals surface area contributed by atoms with Crippen molar-refractivity contribution in [3.8, 4) is 11.5 Å². The van der Waals surface area contributed by atoms with Crippen LogP contribution in [0.4, 0.5) is 0 Å². The lowest BCUT2D eigenvalue weighted by atomic mass is 10.1. The van der Waals surface area contributed by atoms with Gasteiger partial charge >= 0.3 is 0 Å². The van der Waals surface area contributed by atoms with Crippen LogP contribution in [0.25, 0.3) is 5.57 Å². The Morgan fingerprint density at radius 2 is 1.58 bits per heavy atom. The third-order valence-electron chi connectivity index (χ3n) is 3.61. The lowest BCUT2D eigenvalue weighted by molar-refractivity contribution is -0.138. The van der Waals surface area contributed by atoms with Gasteiger partial charge in [0.05, 0.1) is 24.7 Å². The molecule has 5 nitrogen and oxygen atoms in total. The molecule has 2 amide bonds. The second-order valence-electron chi connectivity index (χ2n) is 6.01. The summed E-state index contributed by atoms with van der Waals surface area (Å²) in [5.41, 5.74) is 1.10. The van der Waals surface area contributed by atoms with E-state index in [0.717, 1.165) is 0 Å². The Morgan fingerprint density at radius 3 is 2.08 bits per heavy atom. The van der Waals surface area contributed by atoms with Gasteiger partial charge in [0.2, 0.25) is 0 Å². The number of thioether (sulfide) groups is 1. The van der Waals surface area contributed by atoms with E-state index in [-0.39, 0.29) is 23.1 Å². The van der Waals surface area contributed by atoms with Crippen LogP contribution in [0, 0.1) is 0 Å². The third-order valence-corrected chi connectivity index (χ3v) is 4.70. The van der Waals surface area contributed by atoms with Crippen molar-refractivity contribution in [2.45, 2.75) is 39.0 Å². The molecule has 1 heterocycles. The van der Waals surface area contributed by atoms with Gasteiger partial charge in [-0.3, -0.25) is 14.5 Å². The molecule has 0 unspecified atom stereocenters. The molecule has 1 aromatic carbocycles. The molecule has 24 heavy (non-hydrogen) atoms.